The van der Waals surface area contributed by atoms with Crippen LogP contribution in [0.1, 0.15) is 43.5 Å². The summed E-state index contributed by atoms with van der Waals surface area (Å²) in [6, 6.07) is 17.5. The Morgan fingerprint density at radius 1 is 0.917 bits per heavy atom. The lowest BCUT2D eigenvalue weighted by atomic mass is 9.82. The van der Waals surface area contributed by atoms with E-state index in [1.54, 1.807) is 12.1 Å². The van der Waals surface area contributed by atoms with Crippen LogP contribution in [0, 0.1) is 11.8 Å². The molecule has 1 aliphatic rings. The smallest absolute Gasteiger partial charge is 0.293 e. The monoisotopic (exact) mass is 324 g/mol. The van der Waals surface area contributed by atoms with Crippen molar-refractivity contribution >= 4 is 5.97 Å². The molecule has 3 unspecified atom stereocenters. The zero-order valence-corrected chi connectivity index (χ0v) is 14.3. The summed E-state index contributed by atoms with van der Waals surface area (Å²) in [4.78, 5) is 22.7. The molecule has 126 valence electrons. The van der Waals surface area contributed by atoms with Crippen LogP contribution in [0.25, 0.3) is 11.1 Å². The zero-order chi connectivity index (χ0) is 16.9. The van der Waals surface area contributed by atoms with Crippen LogP contribution in [0.2, 0.25) is 0 Å². The van der Waals surface area contributed by atoms with Crippen LogP contribution < -0.4 is 0 Å². The first-order valence-corrected chi connectivity index (χ1v) is 8.66. The van der Waals surface area contributed by atoms with Gasteiger partial charge in [-0.05, 0) is 47.9 Å². The van der Waals surface area contributed by atoms with E-state index in [2.05, 4.69) is 13.8 Å². The molecule has 1 aliphatic carbocycles. The van der Waals surface area contributed by atoms with Crippen molar-refractivity contribution in [3.63, 3.8) is 0 Å². The third-order valence-corrected chi connectivity index (χ3v) is 4.86. The lowest BCUT2D eigenvalue weighted by Crippen LogP contribution is -2.30. The maximum absolute atomic E-state index is 12.2. The van der Waals surface area contributed by atoms with E-state index in [0.29, 0.717) is 17.4 Å². The number of benzene rings is 2. The Balaban J connectivity index is 1.59. The Bertz CT molecular complexity index is 663. The minimum Gasteiger partial charge on any atom is -0.293 e. The van der Waals surface area contributed by atoms with E-state index >= 15 is 0 Å². The molecule has 0 spiro atoms. The van der Waals surface area contributed by atoms with E-state index in [9.17, 15) is 4.79 Å². The highest BCUT2D eigenvalue weighted by molar-refractivity contribution is 5.89. The van der Waals surface area contributed by atoms with E-state index < -0.39 is 5.97 Å². The topological polar surface area (TPSA) is 35.5 Å². The molecule has 0 heterocycles. The van der Waals surface area contributed by atoms with Crippen LogP contribution in [0.15, 0.2) is 54.6 Å². The summed E-state index contributed by atoms with van der Waals surface area (Å²) < 4.78 is 0. The fraction of sp³-hybridized carbons (Fsp3) is 0.381. The third kappa shape index (κ3) is 4.04. The molecule has 1 saturated carbocycles. The molecule has 3 heteroatoms. The molecule has 0 aliphatic heterocycles. The second-order valence-electron chi connectivity index (χ2n) is 6.84. The van der Waals surface area contributed by atoms with Crippen molar-refractivity contribution in [1.82, 2.24) is 0 Å². The quantitative estimate of drug-likeness (QED) is 0.568. The molecule has 0 saturated heterocycles. The van der Waals surface area contributed by atoms with Crippen molar-refractivity contribution in [1.29, 1.82) is 0 Å². The van der Waals surface area contributed by atoms with Gasteiger partial charge in [-0.2, -0.15) is 4.89 Å². The van der Waals surface area contributed by atoms with Gasteiger partial charge in [0.2, 0.25) is 0 Å². The molecule has 2 aromatic rings. The molecule has 3 nitrogen and oxygen atoms in total. The van der Waals surface area contributed by atoms with Gasteiger partial charge in [0, 0.05) is 0 Å². The van der Waals surface area contributed by atoms with Gasteiger partial charge in [-0.1, -0.05) is 62.7 Å². The lowest BCUT2D eigenvalue weighted by Gasteiger charge is -2.30. The number of carbonyl (C=O) groups excluding carboxylic acids is 1. The largest absolute Gasteiger partial charge is 0.373 e. The number of carbonyl (C=O) groups is 1. The fourth-order valence-corrected chi connectivity index (χ4v) is 3.20. The van der Waals surface area contributed by atoms with Crippen molar-refractivity contribution in [3.05, 3.63) is 60.2 Å². The molecule has 0 amide bonds. The Labute approximate surface area is 143 Å². The van der Waals surface area contributed by atoms with Crippen molar-refractivity contribution in [2.24, 2.45) is 11.8 Å². The van der Waals surface area contributed by atoms with Crippen LogP contribution in [0.4, 0.5) is 0 Å². The molecule has 0 bridgehead atoms. The molecular formula is C21H24O3. The Hall–Kier alpha value is -2.13. The van der Waals surface area contributed by atoms with Gasteiger partial charge in [-0.15, -0.1) is 0 Å². The van der Waals surface area contributed by atoms with Gasteiger partial charge >= 0.3 is 5.97 Å². The molecule has 2 aromatic carbocycles. The van der Waals surface area contributed by atoms with Crippen molar-refractivity contribution in [3.8, 4) is 11.1 Å². The highest BCUT2D eigenvalue weighted by atomic mass is 17.2. The lowest BCUT2D eigenvalue weighted by molar-refractivity contribution is -0.291. The van der Waals surface area contributed by atoms with Crippen LogP contribution in [-0.4, -0.2) is 12.1 Å². The summed E-state index contributed by atoms with van der Waals surface area (Å²) >= 11 is 0. The van der Waals surface area contributed by atoms with E-state index in [-0.39, 0.29) is 6.10 Å². The van der Waals surface area contributed by atoms with Crippen LogP contribution in [-0.2, 0) is 9.78 Å². The normalized spacial score (nSPS) is 23.7. The summed E-state index contributed by atoms with van der Waals surface area (Å²) in [5.41, 5.74) is 2.70. The van der Waals surface area contributed by atoms with E-state index in [1.165, 1.54) is 6.42 Å². The predicted molar refractivity (Wildman–Crippen MR) is 94.3 cm³/mol. The zero-order valence-electron chi connectivity index (χ0n) is 14.3. The minimum absolute atomic E-state index is 0.00120. The minimum atomic E-state index is -0.431. The predicted octanol–water partition coefficient (Wildman–Crippen LogP) is 5.27. The van der Waals surface area contributed by atoms with Gasteiger partial charge in [-0.3, -0.25) is 4.89 Å². The SMILES string of the molecule is CC1CCC(C)C(OOC(=O)c2ccc(-c3ccccc3)cc2)C1. The molecule has 0 aromatic heterocycles. The number of rotatable bonds is 4. The molecule has 0 N–H and O–H groups in total. The third-order valence-electron chi connectivity index (χ3n) is 4.86. The first-order valence-electron chi connectivity index (χ1n) is 8.66. The number of hydrogen-bond acceptors (Lipinski definition) is 3. The summed E-state index contributed by atoms with van der Waals surface area (Å²) in [6.45, 7) is 4.37. The van der Waals surface area contributed by atoms with E-state index in [4.69, 9.17) is 9.78 Å². The van der Waals surface area contributed by atoms with Gasteiger partial charge in [0.05, 0.1) is 5.56 Å². The van der Waals surface area contributed by atoms with Gasteiger partial charge in [-0.25, -0.2) is 4.79 Å². The van der Waals surface area contributed by atoms with Gasteiger partial charge < -0.3 is 0 Å². The van der Waals surface area contributed by atoms with Crippen LogP contribution in [0.3, 0.4) is 0 Å². The second kappa shape index (κ2) is 7.63. The summed E-state index contributed by atoms with van der Waals surface area (Å²) in [7, 11) is 0. The highest BCUT2D eigenvalue weighted by Crippen LogP contribution is 2.30. The molecule has 0 radical (unpaired) electrons. The standard InChI is InChI=1S/C21H24O3/c1-15-8-9-16(2)20(14-15)23-24-21(22)19-12-10-18(11-13-19)17-6-4-3-5-7-17/h3-7,10-13,15-16,20H,8-9,14H2,1-2H3. The van der Waals surface area contributed by atoms with Gasteiger partial charge in [0.1, 0.15) is 6.10 Å². The average molecular weight is 324 g/mol. The maximum atomic E-state index is 12.2. The first-order chi connectivity index (χ1) is 11.6. The van der Waals surface area contributed by atoms with Gasteiger partial charge in [0.25, 0.3) is 0 Å². The number of hydrogen-bond donors (Lipinski definition) is 0. The van der Waals surface area contributed by atoms with Crippen molar-refractivity contribution in [2.45, 2.75) is 39.2 Å². The average Bonchev–Trinajstić information content (AvgIpc) is 2.63. The van der Waals surface area contributed by atoms with Crippen LogP contribution in [0.5, 0.6) is 0 Å². The van der Waals surface area contributed by atoms with Crippen molar-refractivity contribution < 1.29 is 14.6 Å². The summed E-state index contributed by atoms with van der Waals surface area (Å²) in [6.07, 6.45) is 3.29. The Morgan fingerprint density at radius 3 is 2.29 bits per heavy atom. The second-order valence-corrected chi connectivity index (χ2v) is 6.84. The molecule has 1 fully saturated rings. The van der Waals surface area contributed by atoms with E-state index in [0.717, 1.165) is 24.0 Å². The van der Waals surface area contributed by atoms with Crippen molar-refractivity contribution in [2.75, 3.05) is 0 Å². The summed E-state index contributed by atoms with van der Waals surface area (Å²) in [5.74, 6) is 0.615. The first kappa shape index (κ1) is 16.7. The molecule has 3 atom stereocenters. The highest BCUT2D eigenvalue weighted by Gasteiger charge is 2.28. The maximum Gasteiger partial charge on any atom is 0.373 e. The molecule has 3 rings (SSSR count). The molecular weight excluding hydrogens is 300 g/mol. The van der Waals surface area contributed by atoms with E-state index in [1.807, 2.05) is 42.5 Å². The van der Waals surface area contributed by atoms with Crippen LogP contribution >= 0.6 is 0 Å². The fourth-order valence-electron chi connectivity index (χ4n) is 3.20. The Morgan fingerprint density at radius 2 is 1.58 bits per heavy atom. The van der Waals surface area contributed by atoms with Gasteiger partial charge in [0.15, 0.2) is 0 Å². The molecule has 24 heavy (non-hydrogen) atoms. The Kier molecular flexibility index (Phi) is 5.31. The summed E-state index contributed by atoms with van der Waals surface area (Å²) in [5, 5.41) is 0.